The number of aliphatic carboxylic acids is 2. The first-order chi connectivity index (χ1) is 13.3. The van der Waals surface area contributed by atoms with E-state index in [1.54, 1.807) is 0 Å². The number of hydrogen-bond acceptors (Lipinski definition) is 5. The lowest BCUT2D eigenvalue weighted by Gasteiger charge is -2.03. The lowest BCUT2D eigenvalue weighted by Crippen LogP contribution is -2.29. The van der Waals surface area contributed by atoms with Crippen molar-refractivity contribution in [2.24, 2.45) is 11.5 Å². The number of carboxylic acids is 2. The standard InChI is InChI=1S/C14H27NO3.C6H14N2O2/c1-2-3-4-5-6-7-8-9-10-11-13(16)15-12-14(17)18;7-4-2-1-3-5(8)6(9)10/h2-12H2,1H3,(H,15,16)(H,17,18);5H,1-4,7-8H2,(H,9,10)/t;5-/m.0/s1. The molecule has 0 saturated heterocycles. The molecule has 0 unspecified atom stereocenters. The number of amides is 1. The van der Waals surface area contributed by atoms with Crippen molar-refractivity contribution in [3.8, 4) is 0 Å². The highest BCUT2D eigenvalue weighted by molar-refractivity contribution is 5.80. The number of carbonyl (C=O) groups is 3. The van der Waals surface area contributed by atoms with E-state index in [9.17, 15) is 14.4 Å². The average molecular weight is 404 g/mol. The summed E-state index contributed by atoms with van der Waals surface area (Å²) in [6.07, 6.45) is 13.6. The molecule has 7 N–H and O–H groups in total. The molecule has 0 saturated carbocycles. The van der Waals surface area contributed by atoms with Crippen LogP contribution in [0.3, 0.4) is 0 Å². The molecule has 0 aromatic heterocycles. The average Bonchev–Trinajstić information content (AvgIpc) is 2.65. The van der Waals surface area contributed by atoms with Crippen LogP contribution in [0.1, 0.15) is 90.4 Å². The number of carboxylic acid groups (broad SMARTS) is 2. The molecule has 1 atom stereocenters. The van der Waals surface area contributed by atoms with Gasteiger partial charge in [-0.1, -0.05) is 64.7 Å². The number of rotatable bonds is 17. The second kappa shape index (κ2) is 21.6. The van der Waals surface area contributed by atoms with E-state index in [-0.39, 0.29) is 12.5 Å². The normalized spacial score (nSPS) is 11.2. The van der Waals surface area contributed by atoms with Crippen LogP contribution in [-0.4, -0.2) is 47.2 Å². The molecule has 0 aliphatic carbocycles. The highest BCUT2D eigenvalue weighted by Gasteiger charge is 2.09. The summed E-state index contributed by atoms with van der Waals surface area (Å²) in [5.41, 5.74) is 10.4. The molecule has 8 heteroatoms. The number of nitrogens with two attached hydrogens (primary N) is 2. The molecule has 28 heavy (non-hydrogen) atoms. The van der Waals surface area contributed by atoms with E-state index in [1.807, 2.05) is 0 Å². The van der Waals surface area contributed by atoms with Crippen molar-refractivity contribution in [1.29, 1.82) is 0 Å². The van der Waals surface area contributed by atoms with Gasteiger partial charge in [0.1, 0.15) is 12.6 Å². The Hall–Kier alpha value is -1.67. The first-order valence-electron chi connectivity index (χ1n) is 10.5. The first kappa shape index (κ1) is 28.5. The lowest BCUT2D eigenvalue weighted by atomic mass is 10.1. The van der Waals surface area contributed by atoms with Crippen molar-refractivity contribution in [3.05, 3.63) is 0 Å². The molecular weight excluding hydrogens is 362 g/mol. The van der Waals surface area contributed by atoms with Gasteiger partial charge < -0.3 is 27.0 Å². The Kier molecular flexibility index (Phi) is 22.0. The number of hydrogen-bond donors (Lipinski definition) is 5. The highest BCUT2D eigenvalue weighted by atomic mass is 16.4. The minimum Gasteiger partial charge on any atom is -0.480 e. The van der Waals surface area contributed by atoms with Gasteiger partial charge in [0.25, 0.3) is 0 Å². The van der Waals surface area contributed by atoms with Crippen molar-refractivity contribution in [2.45, 2.75) is 96.4 Å². The zero-order valence-electron chi connectivity index (χ0n) is 17.5. The predicted molar refractivity (Wildman–Crippen MR) is 111 cm³/mol. The largest absolute Gasteiger partial charge is 0.480 e. The van der Waals surface area contributed by atoms with Crippen molar-refractivity contribution in [3.63, 3.8) is 0 Å². The number of carbonyl (C=O) groups excluding carboxylic acids is 1. The van der Waals surface area contributed by atoms with E-state index in [0.717, 1.165) is 25.7 Å². The summed E-state index contributed by atoms with van der Waals surface area (Å²) in [4.78, 5) is 31.5. The summed E-state index contributed by atoms with van der Waals surface area (Å²) in [7, 11) is 0. The molecule has 0 fully saturated rings. The van der Waals surface area contributed by atoms with E-state index >= 15 is 0 Å². The van der Waals surface area contributed by atoms with Crippen molar-refractivity contribution in [2.75, 3.05) is 13.1 Å². The molecule has 0 aromatic rings. The molecule has 8 nitrogen and oxygen atoms in total. The van der Waals surface area contributed by atoms with Gasteiger partial charge in [0.15, 0.2) is 0 Å². The Balaban J connectivity index is 0. The third kappa shape index (κ3) is 24.3. The van der Waals surface area contributed by atoms with E-state index in [0.29, 0.717) is 19.4 Å². The Bertz CT molecular complexity index is 405. The van der Waals surface area contributed by atoms with Gasteiger partial charge >= 0.3 is 11.9 Å². The predicted octanol–water partition coefficient (Wildman–Crippen LogP) is 2.64. The third-order valence-electron chi connectivity index (χ3n) is 4.23. The maximum Gasteiger partial charge on any atom is 0.322 e. The molecule has 1 amide bonds. The maximum absolute atomic E-state index is 11.2. The van der Waals surface area contributed by atoms with Crippen molar-refractivity contribution in [1.82, 2.24) is 5.32 Å². The summed E-state index contributed by atoms with van der Waals surface area (Å²) >= 11 is 0. The first-order valence-corrected chi connectivity index (χ1v) is 10.5. The van der Waals surface area contributed by atoms with Gasteiger partial charge in [0.05, 0.1) is 0 Å². The van der Waals surface area contributed by atoms with E-state index < -0.39 is 18.0 Å². The fourth-order valence-corrected chi connectivity index (χ4v) is 2.49. The zero-order chi connectivity index (χ0) is 21.6. The Morgan fingerprint density at radius 1 is 0.857 bits per heavy atom. The van der Waals surface area contributed by atoms with Crippen LogP contribution in [-0.2, 0) is 14.4 Å². The second-order valence-corrected chi connectivity index (χ2v) is 6.98. The van der Waals surface area contributed by atoms with Crippen LogP contribution >= 0.6 is 0 Å². The van der Waals surface area contributed by atoms with Crippen molar-refractivity contribution < 1.29 is 24.6 Å². The van der Waals surface area contributed by atoms with Crippen LogP contribution in [0, 0.1) is 0 Å². The molecule has 0 bridgehead atoms. The van der Waals surface area contributed by atoms with Gasteiger partial charge in [0.2, 0.25) is 5.91 Å². The molecule has 0 aliphatic heterocycles. The van der Waals surface area contributed by atoms with E-state index in [1.165, 1.54) is 44.9 Å². The fraction of sp³-hybridized carbons (Fsp3) is 0.850. The molecule has 0 rings (SSSR count). The molecule has 0 aliphatic rings. The summed E-state index contributed by atoms with van der Waals surface area (Å²) < 4.78 is 0. The summed E-state index contributed by atoms with van der Waals surface area (Å²) in [6, 6.07) is -0.716. The molecule has 0 spiro atoms. The van der Waals surface area contributed by atoms with Crippen LogP contribution in [0.2, 0.25) is 0 Å². The lowest BCUT2D eigenvalue weighted by molar-refractivity contribution is -0.139. The maximum atomic E-state index is 11.2. The van der Waals surface area contributed by atoms with Crippen molar-refractivity contribution >= 4 is 17.8 Å². The van der Waals surface area contributed by atoms with Gasteiger partial charge in [-0.05, 0) is 25.8 Å². The quantitative estimate of drug-likeness (QED) is 0.234. The van der Waals surface area contributed by atoms with Crippen LogP contribution in [0.5, 0.6) is 0 Å². The van der Waals surface area contributed by atoms with Gasteiger partial charge in [-0.2, -0.15) is 0 Å². The molecule has 0 aromatic carbocycles. The highest BCUT2D eigenvalue weighted by Crippen LogP contribution is 2.10. The van der Waals surface area contributed by atoms with Crippen LogP contribution < -0.4 is 16.8 Å². The Labute approximate surface area is 169 Å². The van der Waals surface area contributed by atoms with Crippen LogP contribution in [0.4, 0.5) is 0 Å². The van der Waals surface area contributed by atoms with E-state index in [4.69, 9.17) is 21.7 Å². The summed E-state index contributed by atoms with van der Waals surface area (Å²) in [5.74, 6) is -2.08. The third-order valence-corrected chi connectivity index (χ3v) is 4.23. The Morgan fingerprint density at radius 3 is 1.86 bits per heavy atom. The smallest absolute Gasteiger partial charge is 0.322 e. The zero-order valence-corrected chi connectivity index (χ0v) is 17.5. The second-order valence-electron chi connectivity index (χ2n) is 6.98. The van der Waals surface area contributed by atoms with Crippen LogP contribution in [0.25, 0.3) is 0 Å². The molecular formula is C20H41N3O5. The minimum absolute atomic E-state index is 0.152. The Morgan fingerprint density at radius 2 is 1.39 bits per heavy atom. The topological polar surface area (TPSA) is 156 Å². The monoisotopic (exact) mass is 403 g/mol. The van der Waals surface area contributed by atoms with Gasteiger partial charge in [-0.3, -0.25) is 14.4 Å². The van der Waals surface area contributed by atoms with E-state index in [2.05, 4.69) is 12.2 Å². The SMILES string of the molecule is CCCCCCCCCCCC(=O)NCC(=O)O.NCCCC[C@H](N)C(=O)O. The minimum atomic E-state index is -0.990. The molecule has 0 radical (unpaired) electrons. The molecule has 0 heterocycles. The summed E-state index contributed by atoms with van der Waals surface area (Å²) in [5, 5.41) is 19.1. The van der Waals surface area contributed by atoms with Gasteiger partial charge in [-0.15, -0.1) is 0 Å². The van der Waals surface area contributed by atoms with Crippen LogP contribution in [0.15, 0.2) is 0 Å². The number of unbranched alkanes of at least 4 members (excludes halogenated alkanes) is 9. The van der Waals surface area contributed by atoms with Gasteiger partial charge in [0, 0.05) is 6.42 Å². The van der Waals surface area contributed by atoms with Gasteiger partial charge in [-0.25, -0.2) is 0 Å². The molecule has 166 valence electrons. The number of nitrogens with one attached hydrogen (secondary N) is 1. The summed E-state index contributed by atoms with van der Waals surface area (Å²) in [6.45, 7) is 2.55. The fourth-order valence-electron chi connectivity index (χ4n) is 2.49.